The lowest BCUT2D eigenvalue weighted by Gasteiger charge is -2.55. The highest BCUT2D eigenvalue weighted by Crippen LogP contribution is 2.60. The van der Waals surface area contributed by atoms with E-state index in [1.807, 2.05) is 18.2 Å². The molecule has 1 aromatic heterocycles. The molecule has 0 unspecified atom stereocenters. The number of nitrogens with one attached hydrogen (secondary N) is 1. The topological polar surface area (TPSA) is 59.8 Å². The average molecular weight is 411 g/mol. The van der Waals surface area contributed by atoms with Crippen LogP contribution in [0.2, 0.25) is 0 Å². The molecule has 6 rings (SSSR count). The van der Waals surface area contributed by atoms with E-state index >= 15 is 0 Å². The first kappa shape index (κ1) is 19.2. The van der Waals surface area contributed by atoms with Crippen LogP contribution in [0.3, 0.4) is 0 Å². The van der Waals surface area contributed by atoms with Gasteiger partial charge in [0.2, 0.25) is 5.91 Å². The first-order chi connectivity index (χ1) is 14.0. The normalized spacial score (nSPS) is 30.1. The van der Waals surface area contributed by atoms with Gasteiger partial charge in [-0.25, -0.2) is 0 Å². The molecule has 6 heteroatoms. The zero-order valence-corrected chi connectivity index (χ0v) is 18.1. The third-order valence-electron chi connectivity index (χ3n) is 6.98. The molecule has 0 aliphatic heterocycles. The smallest absolute Gasteiger partial charge is 0.226 e. The number of carbonyl (C=O) groups excluding carboxylic acids is 1. The van der Waals surface area contributed by atoms with E-state index < -0.39 is 0 Å². The van der Waals surface area contributed by atoms with Crippen LogP contribution < -0.4 is 5.32 Å². The Morgan fingerprint density at radius 2 is 1.72 bits per heavy atom. The molecule has 4 bridgehead atoms. The second-order valence-electron chi connectivity index (χ2n) is 9.62. The molecule has 29 heavy (non-hydrogen) atoms. The Bertz CT molecular complexity index is 856. The quantitative estimate of drug-likeness (QED) is 0.707. The highest BCUT2D eigenvalue weighted by molar-refractivity contribution is 7.99. The first-order valence-electron chi connectivity index (χ1n) is 11.0. The summed E-state index contributed by atoms with van der Waals surface area (Å²) in [5.41, 5.74) is 0.918. The predicted octanol–water partition coefficient (Wildman–Crippen LogP) is 4.60. The molecular weight excluding hydrogens is 380 g/mol. The van der Waals surface area contributed by atoms with Crippen LogP contribution in [0.15, 0.2) is 35.5 Å². The van der Waals surface area contributed by atoms with Gasteiger partial charge in [0.05, 0.1) is 6.54 Å². The summed E-state index contributed by atoms with van der Waals surface area (Å²) in [5, 5.41) is 13.4. The number of hydrogen-bond donors (Lipinski definition) is 1. The zero-order valence-electron chi connectivity index (χ0n) is 17.3. The van der Waals surface area contributed by atoms with Crippen LogP contribution >= 0.6 is 11.8 Å². The third-order valence-corrected chi connectivity index (χ3v) is 7.93. The van der Waals surface area contributed by atoms with Crippen LogP contribution in [0.4, 0.5) is 0 Å². The van der Waals surface area contributed by atoms with Crippen molar-refractivity contribution in [3.8, 4) is 5.69 Å². The van der Waals surface area contributed by atoms with Crippen LogP contribution in [0.5, 0.6) is 0 Å². The van der Waals surface area contributed by atoms with E-state index in [1.54, 1.807) is 11.8 Å². The van der Waals surface area contributed by atoms with Crippen LogP contribution in [0, 0.1) is 23.2 Å². The predicted molar refractivity (Wildman–Crippen MR) is 115 cm³/mol. The van der Waals surface area contributed by atoms with Crippen molar-refractivity contribution in [2.75, 3.05) is 0 Å². The Hall–Kier alpha value is -1.82. The van der Waals surface area contributed by atoms with Gasteiger partial charge in [-0.2, -0.15) is 0 Å². The average Bonchev–Trinajstić information content (AvgIpc) is 3.07. The fourth-order valence-electron chi connectivity index (χ4n) is 6.27. The highest BCUT2D eigenvalue weighted by atomic mass is 32.2. The molecule has 5 nitrogen and oxygen atoms in total. The minimum Gasteiger partial charge on any atom is -0.348 e. The number of amides is 1. The molecule has 0 saturated heterocycles. The first-order valence-corrected chi connectivity index (χ1v) is 11.8. The maximum Gasteiger partial charge on any atom is 0.226 e. The molecule has 1 heterocycles. The molecule has 4 aliphatic carbocycles. The maximum absolute atomic E-state index is 13.3. The number of aromatic nitrogens is 3. The van der Waals surface area contributed by atoms with Crippen molar-refractivity contribution in [3.05, 3.63) is 36.2 Å². The summed E-state index contributed by atoms with van der Waals surface area (Å²) in [4.78, 5) is 13.3. The number of carbonyl (C=O) groups is 1. The summed E-state index contributed by atoms with van der Waals surface area (Å²) in [6.07, 6.45) is 7.32. The molecule has 4 fully saturated rings. The van der Waals surface area contributed by atoms with Gasteiger partial charge in [0.25, 0.3) is 0 Å². The Morgan fingerprint density at radius 3 is 2.31 bits per heavy atom. The van der Waals surface area contributed by atoms with Gasteiger partial charge in [-0.1, -0.05) is 43.8 Å². The van der Waals surface area contributed by atoms with E-state index in [2.05, 4.69) is 46.1 Å². The third kappa shape index (κ3) is 3.60. The van der Waals surface area contributed by atoms with Crippen molar-refractivity contribution >= 4 is 17.7 Å². The molecule has 1 amide bonds. The Kier molecular flexibility index (Phi) is 4.93. The van der Waals surface area contributed by atoms with E-state index in [9.17, 15) is 4.79 Å². The zero-order chi connectivity index (χ0) is 20.0. The summed E-state index contributed by atoms with van der Waals surface area (Å²) < 4.78 is 2.09. The molecule has 4 saturated carbocycles. The van der Waals surface area contributed by atoms with Gasteiger partial charge < -0.3 is 5.32 Å². The molecule has 154 valence electrons. The van der Waals surface area contributed by atoms with Gasteiger partial charge in [-0.3, -0.25) is 9.36 Å². The van der Waals surface area contributed by atoms with Crippen LogP contribution in [-0.2, 0) is 11.3 Å². The SMILES string of the molecule is CC(C)Sc1nnc(CNC(=O)C23CC4CC(CC(C4)C2)C3)n1-c1ccccc1. The Morgan fingerprint density at radius 1 is 1.10 bits per heavy atom. The van der Waals surface area contributed by atoms with Crippen molar-refractivity contribution in [1.29, 1.82) is 0 Å². The fraction of sp³-hybridized carbons (Fsp3) is 0.609. The number of nitrogens with zero attached hydrogens (tertiary/aromatic N) is 3. The van der Waals surface area contributed by atoms with Gasteiger partial charge in [-0.15, -0.1) is 10.2 Å². The fourth-order valence-corrected chi connectivity index (χ4v) is 7.10. The minimum atomic E-state index is -0.123. The van der Waals surface area contributed by atoms with Gasteiger partial charge in [0.15, 0.2) is 11.0 Å². The number of para-hydroxylation sites is 1. The van der Waals surface area contributed by atoms with Crippen molar-refractivity contribution in [3.63, 3.8) is 0 Å². The van der Waals surface area contributed by atoms with Crippen molar-refractivity contribution in [1.82, 2.24) is 20.1 Å². The monoisotopic (exact) mass is 410 g/mol. The van der Waals surface area contributed by atoms with E-state index in [0.717, 1.165) is 53.7 Å². The summed E-state index contributed by atoms with van der Waals surface area (Å²) in [7, 11) is 0. The molecule has 2 aromatic rings. The minimum absolute atomic E-state index is 0.123. The van der Waals surface area contributed by atoms with E-state index in [1.165, 1.54) is 19.3 Å². The molecular formula is C23H30N4OS. The lowest BCUT2D eigenvalue weighted by Crippen LogP contribution is -2.53. The molecule has 4 aliphatic rings. The van der Waals surface area contributed by atoms with Gasteiger partial charge >= 0.3 is 0 Å². The molecule has 0 radical (unpaired) electrons. The summed E-state index contributed by atoms with van der Waals surface area (Å²) in [5.74, 6) is 3.37. The van der Waals surface area contributed by atoms with E-state index in [4.69, 9.17) is 0 Å². The number of benzene rings is 1. The van der Waals surface area contributed by atoms with Crippen LogP contribution in [-0.4, -0.2) is 25.9 Å². The molecule has 1 aromatic carbocycles. The second kappa shape index (κ2) is 7.46. The van der Waals surface area contributed by atoms with Crippen molar-refractivity contribution < 1.29 is 4.79 Å². The van der Waals surface area contributed by atoms with Crippen LogP contribution in [0.25, 0.3) is 5.69 Å². The number of thioether (sulfide) groups is 1. The lowest BCUT2D eigenvalue weighted by atomic mass is 9.49. The van der Waals surface area contributed by atoms with Gasteiger partial charge in [0, 0.05) is 16.4 Å². The van der Waals surface area contributed by atoms with Crippen molar-refractivity contribution in [2.45, 2.75) is 69.3 Å². The molecule has 0 spiro atoms. The van der Waals surface area contributed by atoms with E-state index in [0.29, 0.717) is 11.8 Å². The summed E-state index contributed by atoms with van der Waals surface area (Å²) >= 11 is 1.70. The van der Waals surface area contributed by atoms with Gasteiger partial charge in [-0.05, 0) is 68.4 Å². The maximum atomic E-state index is 13.3. The molecule has 1 N–H and O–H groups in total. The van der Waals surface area contributed by atoms with Gasteiger partial charge in [0.1, 0.15) is 0 Å². The molecule has 0 atom stereocenters. The Balaban J connectivity index is 1.36. The standard InChI is InChI=1S/C23H30N4OS/c1-15(2)29-22-26-25-20(27(22)19-6-4-3-5-7-19)14-24-21(28)23-11-16-8-17(12-23)10-18(9-16)13-23/h3-7,15-18H,8-14H2,1-2H3,(H,24,28). The highest BCUT2D eigenvalue weighted by Gasteiger charge is 2.54. The lowest BCUT2D eigenvalue weighted by molar-refractivity contribution is -0.146. The Labute approximate surface area is 177 Å². The summed E-state index contributed by atoms with van der Waals surface area (Å²) in [6, 6.07) is 10.2. The number of rotatable bonds is 6. The van der Waals surface area contributed by atoms with E-state index in [-0.39, 0.29) is 11.3 Å². The summed E-state index contributed by atoms with van der Waals surface area (Å²) in [6.45, 7) is 4.74. The second-order valence-corrected chi connectivity index (χ2v) is 11.2. The van der Waals surface area contributed by atoms with Crippen LogP contribution in [0.1, 0.15) is 58.2 Å². The largest absolute Gasteiger partial charge is 0.348 e. The number of hydrogen-bond acceptors (Lipinski definition) is 4. The van der Waals surface area contributed by atoms with Crippen molar-refractivity contribution in [2.24, 2.45) is 23.2 Å².